The van der Waals surface area contributed by atoms with E-state index < -0.39 is 6.10 Å². The van der Waals surface area contributed by atoms with Gasteiger partial charge in [0.25, 0.3) is 5.91 Å². The summed E-state index contributed by atoms with van der Waals surface area (Å²) in [6.45, 7) is 2.13. The van der Waals surface area contributed by atoms with Gasteiger partial charge in [0, 0.05) is 66.5 Å². The number of aliphatic hydroxyl groups excluding tert-OH is 1. The molecule has 3 heterocycles. The van der Waals surface area contributed by atoms with Crippen LogP contribution >= 0.6 is 0 Å². The van der Waals surface area contributed by atoms with Gasteiger partial charge in [-0.05, 0) is 47.2 Å². The van der Waals surface area contributed by atoms with E-state index >= 15 is 0 Å². The first-order chi connectivity index (χ1) is 16.0. The van der Waals surface area contributed by atoms with Gasteiger partial charge in [-0.1, -0.05) is 31.2 Å². The number of carbonyl (C=O) groups excluding carboxylic acids is 1. The Labute approximate surface area is 192 Å². The minimum Gasteiger partial charge on any atom is -0.378 e. The largest absolute Gasteiger partial charge is 0.378 e. The van der Waals surface area contributed by atoms with Gasteiger partial charge in [0.2, 0.25) is 0 Å². The predicted octanol–water partition coefficient (Wildman–Crippen LogP) is 4.55. The summed E-state index contributed by atoms with van der Waals surface area (Å²) in [6.07, 6.45) is 12.1. The number of likely N-dealkylation sites (N-methyl/N-ethyl adjacent to an activating group) is 1. The van der Waals surface area contributed by atoms with E-state index in [0.717, 1.165) is 51.7 Å². The highest BCUT2D eigenvalue weighted by Gasteiger charge is 2.21. The van der Waals surface area contributed by atoms with E-state index in [4.69, 9.17) is 0 Å². The van der Waals surface area contributed by atoms with Crippen LogP contribution in [0.5, 0.6) is 0 Å². The molecule has 5 rings (SSSR count). The molecule has 2 N–H and O–H groups in total. The number of amides is 1. The molecule has 0 aliphatic heterocycles. The van der Waals surface area contributed by atoms with Gasteiger partial charge < -0.3 is 15.0 Å². The van der Waals surface area contributed by atoms with Crippen LogP contribution in [0.3, 0.4) is 0 Å². The van der Waals surface area contributed by atoms with Gasteiger partial charge in [-0.25, -0.2) is 4.98 Å². The van der Waals surface area contributed by atoms with Crippen molar-refractivity contribution < 1.29 is 9.90 Å². The number of aryl methyl sites for hydroxylation is 1. The third-order valence-corrected chi connectivity index (χ3v) is 6.32. The maximum Gasteiger partial charge on any atom is 0.255 e. The van der Waals surface area contributed by atoms with E-state index in [0.29, 0.717) is 5.56 Å². The topological polar surface area (TPSA) is 82.1 Å². The average molecular weight is 439 g/mol. The third kappa shape index (κ3) is 3.62. The molecule has 4 aromatic rings. The molecule has 0 bridgehead atoms. The van der Waals surface area contributed by atoms with Crippen LogP contribution in [0.4, 0.5) is 0 Å². The lowest BCUT2D eigenvalue weighted by Gasteiger charge is -2.17. The highest BCUT2D eigenvalue weighted by Crippen LogP contribution is 2.37. The van der Waals surface area contributed by atoms with Crippen LogP contribution < -0.4 is 0 Å². The molecule has 0 saturated carbocycles. The number of aromatic amines is 1. The first-order valence-electron chi connectivity index (χ1n) is 11.1. The molecule has 1 unspecified atom stereocenters. The SMILES string of the molecule is CCc1c(-c2cncc(C(O)C(=O)N(C)C)c2)cnc2[nH]cc(-c3ccc4c(c3)C=CC4)c12. The molecule has 1 aromatic carbocycles. The van der Waals surface area contributed by atoms with Crippen molar-refractivity contribution >= 4 is 23.0 Å². The van der Waals surface area contributed by atoms with Crippen LogP contribution in [0.1, 0.15) is 35.3 Å². The molecular formula is C27H26N4O2. The number of fused-ring (bicyclic) bond motifs is 2. The number of aliphatic hydroxyl groups is 1. The van der Waals surface area contributed by atoms with Crippen molar-refractivity contribution in [2.75, 3.05) is 14.1 Å². The molecule has 1 atom stereocenters. The van der Waals surface area contributed by atoms with Crippen molar-refractivity contribution in [2.45, 2.75) is 25.9 Å². The lowest BCUT2D eigenvalue weighted by molar-refractivity contribution is -0.137. The van der Waals surface area contributed by atoms with E-state index in [9.17, 15) is 9.90 Å². The fraction of sp³-hybridized carbons (Fsp3) is 0.222. The van der Waals surface area contributed by atoms with Gasteiger partial charge in [-0.2, -0.15) is 0 Å². The molecule has 3 aromatic heterocycles. The number of aromatic nitrogens is 3. The number of nitrogens with zero attached hydrogens (tertiary/aromatic N) is 3. The lowest BCUT2D eigenvalue weighted by atomic mass is 9.93. The molecule has 0 radical (unpaired) electrons. The van der Waals surface area contributed by atoms with Crippen LogP contribution in [0.25, 0.3) is 39.4 Å². The number of hydrogen-bond acceptors (Lipinski definition) is 4. The van der Waals surface area contributed by atoms with E-state index in [1.54, 1.807) is 20.3 Å². The summed E-state index contributed by atoms with van der Waals surface area (Å²) in [5, 5.41) is 11.6. The van der Waals surface area contributed by atoms with Gasteiger partial charge in [0.1, 0.15) is 5.65 Å². The van der Waals surface area contributed by atoms with Crippen molar-refractivity contribution in [3.8, 4) is 22.3 Å². The number of nitrogens with one attached hydrogen (secondary N) is 1. The minimum absolute atomic E-state index is 0.378. The van der Waals surface area contributed by atoms with Gasteiger partial charge >= 0.3 is 0 Å². The summed E-state index contributed by atoms with van der Waals surface area (Å²) < 4.78 is 0. The summed E-state index contributed by atoms with van der Waals surface area (Å²) >= 11 is 0. The second kappa shape index (κ2) is 8.30. The number of H-pyrrole nitrogens is 1. The van der Waals surface area contributed by atoms with Gasteiger partial charge in [0.15, 0.2) is 6.10 Å². The Morgan fingerprint density at radius 3 is 2.79 bits per heavy atom. The smallest absolute Gasteiger partial charge is 0.255 e. The molecular weight excluding hydrogens is 412 g/mol. The van der Waals surface area contributed by atoms with Gasteiger partial charge in [0.05, 0.1) is 0 Å². The van der Waals surface area contributed by atoms with Crippen molar-refractivity contribution in [3.05, 3.63) is 77.4 Å². The van der Waals surface area contributed by atoms with Crippen LogP contribution in [0.15, 0.2) is 55.1 Å². The summed E-state index contributed by atoms with van der Waals surface area (Å²) in [5.74, 6) is -0.378. The van der Waals surface area contributed by atoms with E-state index in [2.05, 4.69) is 52.2 Å². The Bertz CT molecular complexity index is 1400. The number of rotatable bonds is 5. The summed E-state index contributed by atoms with van der Waals surface area (Å²) in [6, 6.07) is 8.43. The molecule has 1 aliphatic rings. The third-order valence-electron chi connectivity index (χ3n) is 6.32. The minimum atomic E-state index is -1.25. The number of benzene rings is 1. The van der Waals surface area contributed by atoms with Gasteiger partial charge in [-0.15, -0.1) is 0 Å². The monoisotopic (exact) mass is 438 g/mol. The molecule has 6 nitrogen and oxygen atoms in total. The van der Waals surface area contributed by atoms with Crippen molar-refractivity contribution in [1.29, 1.82) is 0 Å². The van der Waals surface area contributed by atoms with E-state index in [1.165, 1.54) is 22.2 Å². The molecule has 166 valence electrons. The molecule has 6 heteroatoms. The molecule has 1 aliphatic carbocycles. The average Bonchev–Trinajstić information content (AvgIpc) is 3.48. The van der Waals surface area contributed by atoms with Crippen LogP contribution in [0, 0.1) is 0 Å². The maximum absolute atomic E-state index is 12.3. The quantitative estimate of drug-likeness (QED) is 0.479. The van der Waals surface area contributed by atoms with E-state index in [-0.39, 0.29) is 5.91 Å². The summed E-state index contributed by atoms with van der Waals surface area (Å²) in [4.78, 5) is 26.0. The van der Waals surface area contributed by atoms with Crippen molar-refractivity contribution in [1.82, 2.24) is 19.9 Å². The fourth-order valence-electron chi connectivity index (χ4n) is 4.56. The highest BCUT2D eigenvalue weighted by molar-refractivity contribution is 5.99. The second-order valence-corrected chi connectivity index (χ2v) is 8.59. The first-order valence-corrected chi connectivity index (χ1v) is 11.1. The lowest BCUT2D eigenvalue weighted by Crippen LogP contribution is -2.28. The summed E-state index contributed by atoms with van der Waals surface area (Å²) in [7, 11) is 3.25. The Hall–Kier alpha value is -3.77. The normalized spacial score (nSPS) is 13.3. The molecule has 0 saturated heterocycles. The molecule has 0 spiro atoms. The standard InChI is InChI=1S/C27H26N4O2/c1-4-21-22(19-11-20(13-28-12-19)25(32)27(33)31(2)3)14-29-26-24(21)23(15-30-26)18-9-8-16-6-5-7-17(16)10-18/h5,7-15,25,32H,4,6H2,1-3H3,(H,29,30). The summed E-state index contributed by atoms with van der Waals surface area (Å²) in [5.41, 5.74) is 9.12. The second-order valence-electron chi connectivity index (χ2n) is 8.59. The van der Waals surface area contributed by atoms with Crippen molar-refractivity contribution in [2.24, 2.45) is 0 Å². The molecule has 33 heavy (non-hydrogen) atoms. The van der Waals surface area contributed by atoms with Crippen LogP contribution in [-0.4, -0.2) is 45.0 Å². The Kier molecular flexibility index (Phi) is 5.30. The molecule has 0 fully saturated rings. The zero-order valence-electron chi connectivity index (χ0n) is 19.0. The number of pyridine rings is 2. The Balaban J connectivity index is 1.64. The Morgan fingerprint density at radius 2 is 2.00 bits per heavy atom. The number of allylic oxidation sites excluding steroid dienone is 1. The van der Waals surface area contributed by atoms with Crippen LogP contribution in [-0.2, 0) is 17.6 Å². The first kappa shape index (κ1) is 21.1. The van der Waals surface area contributed by atoms with Gasteiger partial charge in [-0.3, -0.25) is 9.78 Å². The number of carbonyl (C=O) groups is 1. The zero-order chi connectivity index (χ0) is 23.1. The fourth-order valence-corrected chi connectivity index (χ4v) is 4.56. The maximum atomic E-state index is 12.3. The van der Waals surface area contributed by atoms with E-state index in [1.807, 2.05) is 18.5 Å². The molecule has 1 amide bonds. The predicted molar refractivity (Wildman–Crippen MR) is 131 cm³/mol. The zero-order valence-corrected chi connectivity index (χ0v) is 19.0. The van der Waals surface area contributed by atoms with Crippen LogP contribution in [0.2, 0.25) is 0 Å². The Morgan fingerprint density at radius 1 is 1.15 bits per heavy atom. The number of hydrogen-bond donors (Lipinski definition) is 2. The van der Waals surface area contributed by atoms with Crippen molar-refractivity contribution in [3.63, 3.8) is 0 Å². The highest BCUT2D eigenvalue weighted by atomic mass is 16.3.